The largest absolute Gasteiger partial charge is 0.384 e. The number of fused-ring (bicyclic) bond motifs is 1. The number of nitrogens with two attached hydrogens (primary N) is 2. The van der Waals surface area contributed by atoms with Crippen molar-refractivity contribution >= 4 is 11.8 Å². The molecule has 0 amide bonds. The van der Waals surface area contributed by atoms with E-state index in [0.717, 1.165) is 18.0 Å². The van der Waals surface area contributed by atoms with Gasteiger partial charge >= 0.3 is 0 Å². The third-order valence-electron chi connectivity index (χ3n) is 2.84. The van der Waals surface area contributed by atoms with Crippen molar-refractivity contribution in [1.29, 1.82) is 0 Å². The van der Waals surface area contributed by atoms with Gasteiger partial charge in [-0.2, -0.15) is 0 Å². The van der Waals surface area contributed by atoms with Crippen molar-refractivity contribution in [2.24, 2.45) is 21.5 Å². The number of hydrogen-bond acceptors (Lipinski definition) is 6. The second kappa shape index (κ2) is 4.06. The van der Waals surface area contributed by atoms with E-state index in [0.29, 0.717) is 11.8 Å². The number of guanidine groups is 1. The molecule has 1 aromatic carbocycles. The molecule has 0 bridgehead atoms. The number of rotatable bonds is 2. The summed E-state index contributed by atoms with van der Waals surface area (Å²) in [5, 5.41) is 5.98. The van der Waals surface area contributed by atoms with Gasteiger partial charge in [0.25, 0.3) is 0 Å². The van der Waals surface area contributed by atoms with Crippen LogP contribution in [0.5, 0.6) is 0 Å². The van der Waals surface area contributed by atoms with Crippen LogP contribution < -0.4 is 22.1 Å². The Morgan fingerprint density at radius 3 is 2.61 bits per heavy atom. The summed E-state index contributed by atoms with van der Waals surface area (Å²) >= 11 is 0. The molecule has 6 heteroatoms. The fourth-order valence-corrected chi connectivity index (χ4v) is 2.01. The second-order valence-corrected chi connectivity index (χ2v) is 4.20. The minimum atomic E-state index is -0.329. The lowest BCUT2D eigenvalue weighted by atomic mass is 10.1. The van der Waals surface area contributed by atoms with Crippen molar-refractivity contribution in [3.8, 4) is 0 Å². The molecule has 1 aromatic rings. The smallest absolute Gasteiger partial charge is 0.196 e. The number of aliphatic imine (C=N–C) groups is 2. The number of nitrogens with zero attached hydrogens (tertiary/aromatic N) is 2. The molecule has 0 aliphatic carbocycles. The van der Waals surface area contributed by atoms with Crippen LogP contribution in [-0.2, 0) is 6.42 Å². The number of benzene rings is 1. The fourth-order valence-electron chi connectivity index (χ4n) is 2.01. The molecule has 18 heavy (non-hydrogen) atoms. The van der Waals surface area contributed by atoms with E-state index in [1.54, 1.807) is 0 Å². The monoisotopic (exact) mass is 242 g/mol. The molecular formula is C12H14N6. The molecule has 1 unspecified atom stereocenters. The van der Waals surface area contributed by atoms with E-state index in [4.69, 9.17) is 11.5 Å². The Hall–Kier alpha value is -2.50. The summed E-state index contributed by atoms with van der Waals surface area (Å²) < 4.78 is 0. The van der Waals surface area contributed by atoms with Crippen LogP contribution in [0.2, 0.25) is 0 Å². The van der Waals surface area contributed by atoms with E-state index in [-0.39, 0.29) is 6.17 Å². The Kier molecular flexibility index (Phi) is 2.40. The van der Waals surface area contributed by atoms with Crippen molar-refractivity contribution in [3.63, 3.8) is 0 Å². The molecule has 6 nitrogen and oxygen atoms in total. The maximum absolute atomic E-state index is 5.84. The molecule has 92 valence electrons. The number of amidine groups is 1. The summed E-state index contributed by atoms with van der Waals surface area (Å²) in [4.78, 5) is 8.65. The first-order valence-electron chi connectivity index (χ1n) is 5.70. The van der Waals surface area contributed by atoms with Gasteiger partial charge in [0.15, 0.2) is 12.1 Å². The van der Waals surface area contributed by atoms with Crippen molar-refractivity contribution in [1.82, 2.24) is 10.6 Å². The van der Waals surface area contributed by atoms with Crippen LogP contribution in [0.15, 0.2) is 51.8 Å². The SMILES string of the molecule is NC1=NC2N=C(Cc3ccccc3)NC2=C(N)N1. The quantitative estimate of drug-likeness (QED) is 0.567. The van der Waals surface area contributed by atoms with Crippen LogP contribution in [-0.4, -0.2) is 18.0 Å². The summed E-state index contributed by atoms with van der Waals surface area (Å²) in [6.07, 6.45) is 0.397. The van der Waals surface area contributed by atoms with Gasteiger partial charge in [-0.1, -0.05) is 30.3 Å². The predicted octanol–water partition coefficient (Wildman–Crippen LogP) is -0.397. The van der Waals surface area contributed by atoms with E-state index in [1.165, 1.54) is 5.56 Å². The summed E-state index contributed by atoms with van der Waals surface area (Å²) in [6.45, 7) is 0. The van der Waals surface area contributed by atoms with Crippen LogP contribution in [0.25, 0.3) is 0 Å². The molecule has 2 aliphatic rings. The Morgan fingerprint density at radius 1 is 1.06 bits per heavy atom. The molecule has 0 saturated heterocycles. The Morgan fingerprint density at radius 2 is 1.83 bits per heavy atom. The summed E-state index contributed by atoms with van der Waals surface area (Å²) in [5.74, 6) is 1.64. The molecule has 2 aliphatic heterocycles. The highest BCUT2D eigenvalue weighted by molar-refractivity contribution is 5.90. The molecule has 6 N–H and O–H groups in total. The molecule has 1 atom stereocenters. The van der Waals surface area contributed by atoms with E-state index in [2.05, 4.69) is 32.8 Å². The van der Waals surface area contributed by atoms with Gasteiger partial charge in [-0.05, 0) is 5.56 Å². The van der Waals surface area contributed by atoms with Gasteiger partial charge in [0.2, 0.25) is 0 Å². The highest BCUT2D eigenvalue weighted by atomic mass is 15.3. The van der Waals surface area contributed by atoms with E-state index in [1.807, 2.05) is 18.2 Å². The minimum Gasteiger partial charge on any atom is -0.384 e. The van der Waals surface area contributed by atoms with Crippen LogP contribution in [0.3, 0.4) is 0 Å². The van der Waals surface area contributed by atoms with Crippen LogP contribution >= 0.6 is 0 Å². The highest BCUT2D eigenvalue weighted by Crippen LogP contribution is 2.18. The average molecular weight is 242 g/mol. The number of hydrogen-bond donors (Lipinski definition) is 4. The van der Waals surface area contributed by atoms with Crippen molar-refractivity contribution < 1.29 is 0 Å². The van der Waals surface area contributed by atoms with Crippen LogP contribution in [0, 0.1) is 0 Å². The Labute approximate surface area is 104 Å². The topological polar surface area (TPSA) is 101 Å². The summed E-state index contributed by atoms with van der Waals surface area (Å²) in [5.41, 5.74) is 13.4. The molecular weight excluding hydrogens is 228 g/mol. The third kappa shape index (κ3) is 1.88. The molecule has 3 rings (SSSR count). The third-order valence-corrected chi connectivity index (χ3v) is 2.84. The average Bonchev–Trinajstić information content (AvgIpc) is 2.73. The zero-order valence-corrected chi connectivity index (χ0v) is 9.72. The van der Waals surface area contributed by atoms with Crippen molar-refractivity contribution in [3.05, 3.63) is 47.4 Å². The van der Waals surface area contributed by atoms with Crippen molar-refractivity contribution in [2.75, 3.05) is 0 Å². The lowest BCUT2D eigenvalue weighted by Crippen LogP contribution is -2.42. The van der Waals surface area contributed by atoms with Crippen LogP contribution in [0.1, 0.15) is 5.56 Å². The maximum Gasteiger partial charge on any atom is 0.196 e. The standard InChI is InChI=1S/C12H14N6/c13-10-9-11(18-12(14)17-10)16-8(15-9)6-7-4-2-1-3-5-7/h1-5,11H,6,13H2,(H,15,16)(H3,14,17,18). The highest BCUT2D eigenvalue weighted by Gasteiger charge is 2.28. The Bertz CT molecular complexity index is 557. The molecule has 2 heterocycles. The zero-order valence-electron chi connectivity index (χ0n) is 9.72. The second-order valence-electron chi connectivity index (χ2n) is 4.20. The normalized spacial score (nSPS) is 21.7. The molecule has 0 aromatic heterocycles. The first-order valence-corrected chi connectivity index (χ1v) is 5.70. The van der Waals surface area contributed by atoms with Crippen LogP contribution in [0.4, 0.5) is 0 Å². The van der Waals surface area contributed by atoms with Gasteiger partial charge in [0.1, 0.15) is 17.4 Å². The van der Waals surface area contributed by atoms with Gasteiger partial charge in [0.05, 0.1) is 0 Å². The molecule has 0 spiro atoms. The van der Waals surface area contributed by atoms with Gasteiger partial charge < -0.3 is 22.1 Å². The lowest BCUT2D eigenvalue weighted by Gasteiger charge is -2.17. The summed E-state index contributed by atoms with van der Waals surface area (Å²) in [7, 11) is 0. The van der Waals surface area contributed by atoms with Gasteiger partial charge in [-0.3, -0.25) is 0 Å². The first kappa shape index (κ1) is 10.6. The molecule has 0 saturated carbocycles. The molecule has 0 radical (unpaired) electrons. The predicted molar refractivity (Wildman–Crippen MR) is 70.5 cm³/mol. The van der Waals surface area contributed by atoms with E-state index >= 15 is 0 Å². The Balaban J connectivity index is 1.81. The van der Waals surface area contributed by atoms with Gasteiger partial charge in [-0.15, -0.1) is 0 Å². The maximum atomic E-state index is 5.84. The first-order chi connectivity index (χ1) is 8.72. The van der Waals surface area contributed by atoms with Crippen molar-refractivity contribution in [2.45, 2.75) is 12.6 Å². The number of nitrogens with one attached hydrogen (secondary N) is 2. The van der Waals surface area contributed by atoms with Gasteiger partial charge in [0, 0.05) is 6.42 Å². The lowest BCUT2D eigenvalue weighted by molar-refractivity contribution is 0.757. The minimum absolute atomic E-state index is 0.299. The van der Waals surface area contributed by atoms with E-state index < -0.39 is 0 Å². The molecule has 0 fully saturated rings. The van der Waals surface area contributed by atoms with E-state index in [9.17, 15) is 0 Å². The van der Waals surface area contributed by atoms with Gasteiger partial charge in [-0.25, -0.2) is 9.98 Å². The summed E-state index contributed by atoms with van der Waals surface area (Å²) in [6, 6.07) is 10.1. The fraction of sp³-hybridized carbons (Fsp3) is 0.167. The zero-order chi connectivity index (χ0) is 12.5.